The van der Waals surface area contributed by atoms with Crippen molar-refractivity contribution in [2.45, 2.75) is 45.3 Å². The topological polar surface area (TPSA) is 33.1 Å². The third-order valence-electron chi connectivity index (χ3n) is 3.92. The molecule has 19 heavy (non-hydrogen) atoms. The number of rotatable bonds is 4. The molecule has 108 valence electrons. The maximum atomic E-state index is 12.3. The zero-order valence-electron chi connectivity index (χ0n) is 11.7. The fraction of sp³-hybridized carbons (Fsp3) is 0.769. The number of halogens is 2. The molecule has 3 atom stereocenters. The minimum atomic E-state index is -2.37. The average Bonchev–Trinajstić information content (AvgIpc) is 2.72. The standard InChI is InChI=1S/C13H22F2N4/c1-9-6-18(3)10(2)4-12(9)17-11-5-16-19(7-11)8-13(14)15/h5,7,9-10,12-13,17H,4,6,8H2,1-3H3/t9-,10+,12+/m1/s1. The third kappa shape index (κ3) is 3.65. The molecule has 0 unspecified atom stereocenters. The normalized spacial score (nSPS) is 28.8. The van der Waals surface area contributed by atoms with E-state index in [0.29, 0.717) is 18.0 Å². The van der Waals surface area contributed by atoms with E-state index in [4.69, 9.17) is 0 Å². The maximum absolute atomic E-state index is 12.3. The SMILES string of the molecule is C[C@@H]1CN(C)[C@@H](C)C[C@@H]1Nc1cnn(CC(F)F)c1. The van der Waals surface area contributed by atoms with Gasteiger partial charge in [0.1, 0.15) is 6.54 Å². The van der Waals surface area contributed by atoms with Crippen LogP contribution in [0.2, 0.25) is 0 Å². The minimum Gasteiger partial charge on any atom is -0.379 e. The van der Waals surface area contributed by atoms with Crippen molar-refractivity contribution in [3.05, 3.63) is 12.4 Å². The summed E-state index contributed by atoms with van der Waals surface area (Å²) in [6.45, 7) is 5.12. The van der Waals surface area contributed by atoms with E-state index in [-0.39, 0.29) is 6.54 Å². The minimum absolute atomic E-state index is 0.346. The first-order chi connectivity index (χ1) is 8.95. The van der Waals surface area contributed by atoms with Crippen molar-refractivity contribution < 1.29 is 8.78 Å². The second kappa shape index (κ2) is 5.86. The lowest BCUT2D eigenvalue weighted by molar-refractivity contribution is 0.122. The highest BCUT2D eigenvalue weighted by molar-refractivity contribution is 5.39. The van der Waals surface area contributed by atoms with Crippen LogP contribution in [-0.2, 0) is 6.54 Å². The molecule has 2 heterocycles. The Bertz CT molecular complexity index is 407. The number of hydrogen-bond donors (Lipinski definition) is 1. The van der Waals surface area contributed by atoms with Crippen LogP contribution in [0.15, 0.2) is 12.4 Å². The van der Waals surface area contributed by atoms with E-state index in [1.54, 1.807) is 12.4 Å². The molecule has 1 aliphatic rings. The summed E-state index contributed by atoms with van der Waals surface area (Å²) < 4.78 is 25.8. The predicted molar refractivity (Wildman–Crippen MR) is 71.5 cm³/mol. The van der Waals surface area contributed by atoms with Crippen molar-refractivity contribution in [3.8, 4) is 0 Å². The highest BCUT2D eigenvalue weighted by atomic mass is 19.3. The number of nitrogens with one attached hydrogen (secondary N) is 1. The number of hydrogen-bond acceptors (Lipinski definition) is 3. The van der Waals surface area contributed by atoms with Gasteiger partial charge in [-0.15, -0.1) is 0 Å². The quantitative estimate of drug-likeness (QED) is 0.913. The summed E-state index contributed by atoms with van der Waals surface area (Å²) in [5.74, 6) is 0.527. The van der Waals surface area contributed by atoms with Crippen LogP contribution in [0.5, 0.6) is 0 Å². The summed E-state index contributed by atoms with van der Waals surface area (Å²) in [7, 11) is 2.14. The molecule has 0 bridgehead atoms. The molecule has 0 aromatic carbocycles. The Morgan fingerprint density at radius 3 is 2.89 bits per heavy atom. The predicted octanol–water partition coefficient (Wildman–Crippen LogP) is 2.29. The molecule has 1 aromatic heterocycles. The van der Waals surface area contributed by atoms with E-state index in [9.17, 15) is 8.78 Å². The molecule has 0 spiro atoms. The highest BCUT2D eigenvalue weighted by Gasteiger charge is 2.28. The van der Waals surface area contributed by atoms with Gasteiger partial charge in [-0.2, -0.15) is 5.10 Å². The fourth-order valence-electron chi connectivity index (χ4n) is 2.64. The van der Waals surface area contributed by atoms with Crippen molar-refractivity contribution in [1.29, 1.82) is 0 Å². The molecule has 0 amide bonds. The van der Waals surface area contributed by atoms with Gasteiger partial charge in [0.05, 0.1) is 11.9 Å². The molecular formula is C13H22F2N4. The molecule has 1 aliphatic heterocycles. The number of nitrogens with zero attached hydrogens (tertiary/aromatic N) is 3. The third-order valence-corrected chi connectivity index (χ3v) is 3.92. The van der Waals surface area contributed by atoms with E-state index in [2.05, 4.69) is 36.2 Å². The molecule has 1 fully saturated rings. The molecule has 4 nitrogen and oxygen atoms in total. The summed E-state index contributed by atoms with van der Waals surface area (Å²) in [6, 6.07) is 0.903. The van der Waals surface area contributed by atoms with E-state index in [0.717, 1.165) is 18.7 Å². The Balaban J connectivity index is 1.95. The molecule has 1 saturated heterocycles. The van der Waals surface area contributed by atoms with Gasteiger partial charge < -0.3 is 10.2 Å². The zero-order chi connectivity index (χ0) is 14.0. The summed E-state index contributed by atoms with van der Waals surface area (Å²) in [5, 5.41) is 7.36. The van der Waals surface area contributed by atoms with Gasteiger partial charge in [0.25, 0.3) is 6.43 Å². The van der Waals surface area contributed by atoms with Crippen LogP contribution in [0.4, 0.5) is 14.5 Å². The molecule has 6 heteroatoms. The van der Waals surface area contributed by atoms with Crippen molar-refractivity contribution in [2.75, 3.05) is 18.9 Å². The smallest absolute Gasteiger partial charge is 0.257 e. The lowest BCUT2D eigenvalue weighted by Gasteiger charge is -2.40. The number of likely N-dealkylation sites (tertiary alicyclic amines) is 1. The van der Waals surface area contributed by atoms with Crippen molar-refractivity contribution in [1.82, 2.24) is 14.7 Å². The van der Waals surface area contributed by atoms with Crippen molar-refractivity contribution in [2.24, 2.45) is 5.92 Å². The van der Waals surface area contributed by atoms with E-state index >= 15 is 0 Å². The molecule has 0 saturated carbocycles. The monoisotopic (exact) mass is 272 g/mol. The first-order valence-electron chi connectivity index (χ1n) is 6.73. The Labute approximate surface area is 112 Å². The van der Waals surface area contributed by atoms with Crippen LogP contribution < -0.4 is 5.32 Å². The number of piperidine rings is 1. The van der Waals surface area contributed by atoms with Gasteiger partial charge in [-0.05, 0) is 26.3 Å². The Morgan fingerprint density at radius 2 is 2.21 bits per heavy atom. The van der Waals surface area contributed by atoms with Crippen LogP contribution in [-0.4, -0.2) is 46.8 Å². The van der Waals surface area contributed by atoms with Gasteiger partial charge in [-0.1, -0.05) is 6.92 Å². The van der Waals surface area contributed by atoms with Gasteiger partial charge in [-0.25, -0.2) is 8.78 Å². The first-order valence-corrected chi connectivity index (χ1v) is 6.73. The highest BCUT2D eigenvalue weighted by Crippen LogP contribution is 2.24. The summed E-state index contributed by atoms with van der Waals surface area (Å²) in [4.78, 5) is 2.35. The maximum Gasteiger partial charge on any atom is 0.257 e. The second-order valence-corrected chi connectivity index (χ2v) is 5.59. The van der Waals surface area contributed by atoms with Crippen LogP contribution in [0.1, 0.15) is 20.3 Å². The molecule has 2 rings (SSSR count). The van der Waals surface area contributed by atoms with E-state index in [1.165, 1.54) is 4.68 Å². The summed E-state index contributed by atoms with van der Waals surface area (Å²) >= 11 is 0. The van der Waals surface area contributed by atoms with Gasteiger partial charge in [0.2, 0.25) is 0 Å². The van der Waals surface area contributed by atoms with Crippen molar-refractivity contribution >= 4 is 5.69 Å². The van der Waals surface area contributed by atoms with Gasteiger partial charge >= 0.3 is 0 Å². The summed E-state index contributed by atoms with van der Waals surface area (Å²) in [5.41, 5.74) is 0.828. The number of aromatic nitrogens is 2. The van der Waals surface area contributed by atoms with Gasteiger partial charge in [0.15, 0.2) is 0 Å². The second-order valence-electron chi connectivity index (χ2n) is 5.59. The van der Waals surface area contributed by atoms with Gasteiger partial charge in [-0.3, -0.25) is 4.68 Å². The molecule has 1 N–H and O–H groups in total. The Morgan fingerprint density at radius 1 is 1.47 bits per heavy atom. The number of alkyl halides is 2. The van der Waals surface area contributed by atoms with Crippen LogP contribution in [0.3, 0.4) is 0 Å². The van der Waals surface area contributed by atoms with Crippen LogP contribution in [0.25, 0.3) is 0 Å². The molecular weight excluding hydrogens is 250 g/mol. The van der Waals surface area contributed by atoms with E-state index in [1.807, 2.05) is 0 Å². The molecule has 0 aliphatic carbocycles. The van der Waals surface area contributed by atoms with E-state index < -0.39 is 6.43 Å². The molecule has 0 radical (unpaired) electrons. The number of anilines is 1. The Kier molecular flexibility index (Phi) is 4.39. The molecule has 1 aromatic rings. The van der Waals surface area contributed by atoms with Crippen LogP contribution >= 0.6 is 0 Å². The average molecular weight is 272 g/mol. The lowest BCUT2D eigenvalue weighted by Crippen LogP contribution is -2.48. The zero-order valence-corrected chi connectivity index (χ0v) is 11.7. The van der Waals surface area contributed by atoms with Crippen molar-refractivity contribution in [3.63, 3.8) is 0 Å². The fourth-order valence-corrected chi connectivity index (χ4v) is 2.64. The summed E-state index contributed by atoms with van der Waals surface area (Å²) in [6.07, 6.45) is 1.97. The lowest BCUT2D eigenvalue weighted by atomic mass is 9.90. The van der Waals surface area contributed by atoms with Crippen LogP contribution in [0, 0.1) is 5.92 Å². The van der Waals surface area contributed by atoms with Gasteiger partial charge in [0, 0.05) is 24.8 Å². The first kappa shape index (κ1) is 14.2. The Hall–Kier alpha value is -1.17. The largest absolute Gasteiger partial charge is 0.379 e.